The summed E-state index contributed by atoms with van der Waals surface area (Å²) in [6.07, 6.45) is 2.72. The van der Waals surface area contributed by atoms with Crippen molar-refractivity contribution in [3.05, 3.63) is 48.6 Å². The Balaban J connectivity index is 2.28. The van der Waals surface area contributed by atoms with Crippen LogP contribution in [0.3, 0.4) is 0 Å². The first-order valence-electron chi connectivity index (χ1n) is 5.41. The molecule has 96 valence electrons. The van der Waals surface area contributed by atoms with E-state index in [4.69, 9.17) is 9.99 Å². The fourth-order valence-electron chi connectivity index (χ4n) is 1.19. The largest absolute Gasteiger partial charge is 0.480 e. The molecule has 1 rings (SSSR count). The van der Waals surface area contributed by atoms with Crippen LogP contribution in [0.5, 0.6) is 0 Å². The van der Waals surface area contributed by atoms with Gasteiger partial charge < -0.3 is 9.99 Å². The molecule has 0 unspecified atom stereocenters. The summed E-state index contributed by atoms with van der Waals surface area (Å²) < 4.78 is 0. The standard InChI is InChI=1S/C13H15NO4/c1-2-6-12(13(15)16)14-10-18-17-9-11-7-4-3-5-8-11/h2-5,7-8,10,12H,1,6,9H2,(H,15,16)/t12-/m1/s1. The zero-order valence-electron chi connectivity index (χ0n) is 9.86. The Morgan fingerprint density at radius 1 is 1.44 bits per heavy atom. The van der Waals surface area contributed by atoms with E-state index in [1.807, 2.05) is 30.3 Å². The topological polar surface area (TPSA) is 68.1 Å². The molecule has 0 fully saturated rings. The number of aliphatic imine (C=N–C) groups is 1. The van der Waals surface area contributed by atoms with E-state index in [-0.39, 0.29) is 13.0 Å². The molecule has 1 aromatic carbocycles. The van der Waals surface area contributed by atoms with E-state index in [1.165, 1.54) is 6.08 Å². The molecule has 0 saturated heterocycles. The van der Waals surface area contributed by atoms with Gasteiger partial charge >= 0.3 is 5.97 Å². The summed E-state index contributed by atoms with van der Waals surface area (Å²) in [6.45, 7) is 3.73. The van der Waals surface area contributed by atoms with Gasteiger partial charge in [-0.25, -0.2) is 9.79 Å². The Morgan fingerprint density at radius 3 is 2.78 bits per heavy atom. The molecule has 1 aromatic rings. The second-order valence-electron chi connectivity index (χ2n) is 3.48. The van der Waals surface area contributed by atoms with Gasteiger partial charge in [0.05, 0.1) is 0 Å². The number of carbonyl (C=O) groups is 1. The summed E-state index contributed by atoms with van der Waals surface area (Å²) in [5.41, 5.74) is 0.951. The van der Waals surface area contributed by atoms with Crippen molar-refractivity contribution in [1.29, 1.82) is 0 Å². The third-order valence-corrected chi connectivity index (χ3v) is 2.10. The van der Waals surface area contributed by atoms with Crippen LogP contribution < -0.4 is 0 Å². The van der Waals surface area contributed by atoms with Gasteiger partial charge in [0, 0.05) is 0 Å². The average molecular weight is 249 g/mol. The molecule has 0 saturated carbocycles. The van der Waals surface area contributed by atoms with Crippen molar-refractivity contribution in [3.8, 4) is 0 Å². The molecule has 0 aliphatic carbocycles. The van der Waals surface area contributed by atoms with E-state index >= 15 is 0 Å². The van der Waals surface area contributed by atoms with E-state index in [0.29, 0.717) is 0 Å². The van der Waals surface area contributed by atoms with Crippen LogP contribution in [0.25, 0.3) is 0 Å². The summed E-state index contributed by atoms with van der Waals surface area (Å²) in [7, 11) is 0. The van der Waals surface area contributed by atoms with Gasteiger partial charge in [-0.3, -0.25) is 0 Å². The normalized spacial score (nSPS) is 12.2. The molecule has 0 aliphatic heterocycles. The molecular formula is C13H15NO4. The molecule has 5 heteroatoms. The van der Waals surface area contributed by atoms with Crippen molar-refractivity contribution >= 4 is 12.4 Å². The number of benzene rings is 1. The van der Waals surface area contributed by atoms with Crippen LogP contribution in [0.2, 0.25) is 0 Å². The Morgan fingerprint density at radius 2 is 2.17 bits per heavy atom. The second-order valence-corrected chi connectivity index (χ2v) is 3.48. The number of carboxylic acid groups (broad SMARTS) is 1. The van der Waals surface area contributed by atoms with Gasteiger partial charge in [0.1, 0.15) is 6.61 Å². The number of aliphatic carboxylic acids is 1. The molecule has 0 spiro atoms. The third-order valence-electron chi connectivity index (χ3n) is 2.10. The number of nitrogens with zero attached hydrogens (tertiary/aromatic N) is 1. The SMILES string of the molecule is C=CC[C@@H](N=COOCc1ccccc1)C(=O)O. The first-order valence-corrected chi connectivity index (χ1v) is 5.41. The van der Waals surface area contributed by atoms with Gasteiger partial charge in [0.15, 0.2) is 6.04 Å². The summed E-state index contributed by atoms with van der Waals surface area (Å²) in [5, 5.41) is 8.78. The van der Waals surface area contributed by atoms with Gasteiger partial charge in [-0.2, -0.15) is 4.89 Å². The fourth-order valence-corrected chi connectivity index (χ4v) is 1.19. The summed E-state index contributed by atoms with van der Waals surface area (Å²) in [4.78, 5) is 24.0. The number of hydrogen-bond acceptors (Lipinski definition) is 4. The predicted octanol–water partition coefficient (Wildman–Crippen LogP) is 2.19. The highest BCUT2D eigenvalue weighted by atomic mass is 17.2. The van der Waals surface area contributed by atoms with E-state index in [9.17, 15) is 4.79 Å². The lowest BCUT2D eigenvalue weighted by molar-refractivity contribution is -0.227. The maximum atomic E-state index is 10.7. The fraction of sp³-hybridized carbons (Fsp3) is 0.231. The Hall–Kier alpha value is -2.14. The molecule has 0 aliphatic rings. The van der Waals surface area contributed by atoms with E-state index in [1.54, 1.807) is 0 Å². The second kappa shape index (κ2) is 8.03. The van der Waals surface area contributed by atoms with Crippen molar-refractivity contribution in [2.75, 3.05) is 0 Å². The van der Waals surface area contributed by atoms with Crippen molar-refractivity contribution in [3.63, 3.8) is 0 Å². The smallest absolute Gasteiger partial charge is 0.328 e. The Bertz CT molecular complexity index is 403. The van der Waals surface area contributed by atoms with Crippen molar-refractivity contribution in [1.82, 2.24) is 0 Å². The summed E-state index contributed by atoms with van der Waals surface area (Å²) >= 11 is 0. The van der Waals surface area contributed by atoms with Crippen LogP contribution in [0.1, 0.15) is 12.0 Å². The number of rotatable bonds is 8. The molecule has 0 heterocycles. The monoisotopic (exact) mass is 249 g/mol. The maximum absolute atomic E-state index is 10.7. The quantitative estimate of drug-likeness (QED) is 0.191. The van der Waals surface area contributed by atoms with Crippen LogP contribution in [0.15, 0.2) is 48.0 Å². The van der Waals surface area contributed by atoms with Crippen LogP contribution >= 0.6 is 0 Å². The van der Waals surface area contributed by atoms with Crippen LogP contribution in [0.4, 0.5) is 0 Å². The zero-order valence-corrected chi connectivity index (χ0v) is 9.86. The summed E-state index contributed by atoms with van der Waals surface area (Å²) in [6, 6.07) is 8.56. The Labute approximate surface area is 105 Å². The molecular weight excluding hydrogens is 234 g/mol. The molecule has 18 heavy (non-hydrogen) atoms. The van der Waals surface area contributed by atoms with E-state index < -0.39 is 12.0 Å². The molecule has 1 atom stereocenters. The number of hydrogen-bond donors (Lipinski definition) is 1. The van der Waals surface area contributed by atoms with Gasteiger partial charge in [-0.15, -0.1) is 6.58 Å². The van der Waals surface area contributed by atoms with E-state index in [0.717, 1.165) is 12.0 Å². The lowest BCUT2D eigenvalue weighted by Crippen LogP contribution is -2.17. The minimum atomic E-state index is -1.03. The minimum Gasteiger partial charge on any atom is -0.480 e. The van der Waals surface area contributed by atoms with Gasteiger partial charge in [0.2, 0.25) is 6.40 Å². The zero-order chi connectivity index (χ0) is 13.2. The first kappa shape index (κ1) is 13.9. The van der Waals surface area contributed by atoms with E-state index in [2.05, 4.69) is 16.5 Å². The third kappa shape index (κ3) is 5.27. The molecule has 0 amide bonds. The lowest BCUT2D eigenvalue weighted by Gasteiger charge is -2.03. The van der Waals surface area contributed by atoms with Crippen molar-refractivity contribution in [2.24, 2.45) is 4.99 Å². The predicted molar refractivity (Wildman–Crippen MR) is 67.0 cm³/mol. The van der Waals surface area contributed by atoms with Crippen LogP contribution in [-0.2, 0) is 21.2 Å². The highest BCUT2D eigenvalue weighted by Crippen LogP contribution is 2.01. The minimum absolute atomic E-state index is 0.244. The average Bonchev–Trinajstić information content (AvgIpc) is 2.38. The van der Waals surface area contributed by atoms with Crippen LogP contribution in [-0.4, -0.2) is 23.5 Å². The number of carboxylic acids is 1. The lowest BCUT2D eigenvalue weighted by atomic mass is 10.2. The molecule has 5 nitrogen and oxygen atoms in total. The first-order chi connectivity index (χ1) is 8.74. The molecule has 1 N–H and O–H groups in total. The molecule has 0 bridgehead atoms. The maximum Gasteiger partial charge on any atom is 0.328 e. The van der Waals surface area contributed by atoms with Gasteiger partial charge in [-0.1, -0.05) is 36.4 Å². The molecule has 0 radical (unpaired) electrons. The highest BCUT2D eigenvalue weighted by molar-refractivity contribution is 5.75. The highest BCUT2D eigenvalue weighted by Gasteiger charge is 2.12. The Kier molecular flexibility index (Phi) is 6.21. The van der Waals surface area contributed by atoms with Gasteiger partial charge in [-0.05, 0) is 12.0 Å². The van der Waals surface area contributed by atoms with Crippen molar-refractivity contribution in [2.45, 2.75) is 19.1 Å². The van der Waals surface area contributed by atoms with Crippen molar-refractivity contribution < 1.29 is 19.7 Å². The van der Waals surface area contributed by atoms with Crippen LogP contribution in [0, 0.1) is 0 Å². The summed E-state index contributed by atoms with van der Waals surface area (Å²) in [5.74, 6) is -1.03. The van der Waals surface area contributed by atoms with Gasteiger partial charge in [0.25, 0.3) is 0 Å². The molecule has 0 aromatic heterocycles.